The minimum absolute atomic E-state index is 0.0250. The molecule has 1 heterocycles. The number of aromatic amines is 1. The van der Waals surface area contributed by atoms with Crippen LogP contribution in [0, 0.1) is 10.1 Å². The molecule has 0 aliphatic heterocycles. The molecular weight excluding hydrogens is 272 g/mol. The number of nitro benzene ring substituents is 1. The number of rotatable bonds is 3. The molecule has 0 radical (unpaired) electrons. The van der Waals surface area contributed by atoms with E-state index in [4.69, 9.17) is 0 Å². The number of H-pyrrole nitrogens is 1. The zero-order chi connectivity index (χ0) is 14.8. The summed E-state index contributed by atoms with van der Waals surface area (Å²) < 4.78 is 0. The quantitative estimate of drug-likeness (QED) is 0.567. The van der Waals surface area contributed by atoms with E-state index in [0.29, 0.717) is 17.2 Å². The first-order chi connectivity index (χ1) is 10.1. The Labute approximate surface area is 119 Å². The van der Waals surface area contributed by atoms with Gasteiger partial charge in [0.1, 0.15) is 5.75 Å². The number of benzene rings is 2. The standard InChI is InChI=1S/C14H10N4O3/c19-12-7-3-10(4-8-12)14-15-13(16-17-14)9-1-5-11(6-2-9)18(20)21/h1-8,19H,(H,15,16,17). The van der Waals surface area contributed by atoms with Crippen LogP contribution in [0.4, 0.5) is 5.69 Å². The van der Waals surface area contributed by atoms with E-state index in [9.17, 15) is 15.2 Å². The highest BCUT2D eigenvalue weighted by Gasteiger charge is 2.10. The highest BCUT2D eigenvalue weighted by molar-refractivity contribution is 5.62. The van der Waals surface area contributed by atoms with E-state index < -0.39 is 4.92 Å². The van der Waals surface area contributed by atoms with E-state index in [-0.39, 0.29) is 11.4 Å². The number of nitrogens with zero attached hydrogens (tertiary/aromatic N) is 3. The Morgan fingerprint density at radius 1 is 1.00 bits per heavy atom. The SMILES string of the molecule is O=[N+]([O-])c1ccc(-c2nc(-c3ccc(O)cc3)n[nH]2)cc1. The molecule has 0 aliphatic carbocycles. The van der Waals surface area contributed by atoms with E-state index >= 15 is 0 Å². The summed E-state index contributed by atoms with van der Waals surface area (Å²) in [6.07, 6.45) is 0. The molecule has 0 fully saturated rings. The fourth-order valence-electron chi connectivity index (χ4n) is 1.87. The van der Waals surface area contributed by atoms with Crippen LogP contribution in [-0.2, 0) is 0 Å². The summed E-state index contributed by atoms with van der Waals surface area (Å²) in [6, 6.07) is 12.6. The van der Waals surface area contributed by atoms with Crippen molar-refractivity contribution in [2.75, 3.05) is 0 Å². The van der Waals surface area contributed by atoms with Gasteiger partial charge >= 0.3 is 0 Å². The third-order valence-electron chi connectivity index (χ3n) is 2.96. The topological polar surface area (TPSA) is 105 Å². The van der Waals surface area contributed by atoms with Crippen molar-refractivity contribution in [3.05, 3.63) is 58.6 Å². The molecule has 0 bridgehead atoms. The van der Waals surface area contributed by atoms with Gasteiger partial charge in [-0.15, -0.1) is 0 Å². The third kappa shape index (κ3) is 2.57. The Morgan fingerprint density at radius 2 is 1.62 bits per heavy atom. The lowest BCUT2D eigenvalue weighted by Crippen LogP contribution is -1.87. The molecule has 2 N–H and O–H groups in total. The second-order valence-corrected chi connectivity index (χ2v) is 4.36. The van der Waals surface area contributed by atoms with Crippen molar-refractivity contribution in [2.45, 2.75) is 0 Å². The maximum absolute atomic E-state index is 10.6. The molecule has 0 spiro atoms. The Hall–Kier alpha value is -3.22. The molecular formula is C14H10N4O3. The van der Waals surface area contributed by atoms with E-state index in [1.165, 1.54) is 12.1 Å². The minimum atomic E-state index is -0.452. The molecule has 7 heteroatoms. The summed E-state index contributed by atoms with van der Waals surface area (Å²) >= 11 is 0. The van der Waals surface area contributed by atoms with Crippen LogP contribution in [-0.4, -0.2) is 25.2 Å². The molecule has 7 nitrogen and oxygen atoms in total. The number of aromatic hydroxyl groups is 1. The number of phenolic OH excluding ortho intramolecular Hbond substituents is 1. The second kappa shape index (κ2) is 5.04. The number of hydrogen-bond donors (Lipinski definition) is 2. The predicted octanol–water partition coefficient (Wildman–Crippen LogP) is 2.75. The Bertz CT molecular complexity index is 779. The van der Waals surface area contributed by atoms with Crippen LogP contribution in [0.3, 0.4) is 0 Å². The van der Waals surface area contributed by atoms with E-state index in [2.05, 4.69) is 15.2 Å². The molecule has 0 saturated carbocycles. The number of nitrogens with one attached hydrogen (secondary N) is 1. The number of non-ortho nitro benzene ring substituents is 1. The van der Waals surface area contributed by atoms with E-state index in [0.717, 1.165) is 5.56 Å². The lowest BCUT2D eigenvalue weighted by atomic mass is 10.2. The van der Waals surface area contributed by atoms with Crippen LogP contribution < -0.4 is 0 Å². The number of aromatic nitrogens is 3. The maximum atomic E-state index is 10.6. The zero-order valence-electron chi connectivity index (χ0n) is 10.7. The van der Waals surface area contributed by atoms with Gasteiger partial charge < -0.3 is 5.11 Å². The molecule has 21 heavy (non-hydrogen) atoms. The minimum Gasteiger partial charge on any atom is -0.508 e. The van der Waals surface area contributed by atoms with Crippen molar-refractivity contribution in [3.8, 4) is 28.5 Å². The summed E-state index contributed by atoms with van der Waals surface area (Å²) in [7, 11) is 0. The molecule has 0 amide bonds. The fraction of sp³-hybridized carbons (Fsp3) is 0. The Balaban J connectivity index is 1.90. The Morgan fingerprint density at radius 3 is 2.24 bits per heavy atom. The van der Waals surface area contributed by atoms with Crippen LogP contribution in [0.5, 0.6) is 5.75 Å². The van der Waals surface area contributed by atoms with Crippen molar-refractivity contribution >= 4 is 5.69 Å². The highest BCUT2D eigenvalue weighted by Crippen LogP contribution is 2.23. The average Bonchev–Trinajstić information content (AvgIpc) is 2.98. The van der Waals surface area contributed by atoms with Gasteiger partial charge in [-0.05, 0) is 36.4 Å². The number of nitro groups is 1. The van der Waals surface area contributed by atoms with E-state index in [1.807, 2.05) is 0 Å². The predicted molar refractivity (Wildman–Crippen MR) is 75.6 cm³/mol. The first-order valence-corrected chi connectivity index (χ1v) is 6.10. The van der Waals surface area contributed by atoms with Gasteiger partial charge in [-0.2, -0.15) is 5.10 Å². The van der Waals surface area contributed by atoms with Crippen molar-refractivity contribution < 1.29 is 10.0 Å². The normalized spacial score (nSPS) is 10.5. The van der Waals surface area contributed by atoms with Crippen LogP contribution in [0.1, 0.15) is 0 Å². The zero-order valence-corrected chi connectivity index (χ0v) is 10.7. The molecule has 0 aliphatic rings. The van der Waals surface area contributed by atoms with Gasteiger partial charge in [0.2, 0.25) is 0 Å². The van der Waals surface area contributed by atoms with Gasteiger partial charge in [0.05, 0.1) is 4.92 Å². The van der Waals surface area contributed by atoms with Gasteiger partial charge in [0.25, 0.3) is 5.69 Å². The van der Waals surface area contributed by atoms with Crippen LogP contribution in [0.25, 0.3) is 22.8 Å². The molecule has 3 rings (SSSR count). The van der Waals surface area contributed by atoms with Gasteiger partial charge in [-0.1, -0.05) is 0 Å². The molecule has 104 valence electrons. The lowest BCUT2D eigenvalue weighted by molar-refractivity contribution is -0.384. The van der Waals surface area contributed by atoms with Gasteiger partial charge in [-0.25, -0.2) is 4.98 Å². The summed E-state index contributed by atoms with van der Waals surface area (Å²) in [5.74, 6) is 1.18. The number of hydrogen-bond acceptors (Lipinski definition) is 5. The Kier molecular flexibility index (Phi) is 3.07. The van der Waals surface area contributed by atoms with Gasteiger partial charge in [-0.3, -0.25) is 15.2 Å². The molecule has 1 aromatic heterocycles. The van der Waals surface area contributed by atoms with Crippen LogP contribution in [0.15, 0.2) is 48.5 Å². The highest BCUT2D eigenvalue weighted by atomic mass is 16.6. The molecule has 0 unspecified atom stereocenters. The summed E-state index contributed by atoms with van der Waals surface area (Å²) in [4.78, 5) is 14.5. The first kappa shape index (κ1) is 12.8. The summed E-state index contributed by atoms with van der Waals surface area (Å²) in [5.41, 5.74) is 1.49. The monoisotopic (exact) mass is 282 g/mol. The average molecular weight is 282 g/mol. The van der Waals surface area contributed by atoms with Crippen molar-refractivity contribution in [2.24, 2.45) is 0 Å². The smallest absolute Gasteiger partial charge is 0.269 e. The molecule has 0 atom stereocenters. The molecule has 2 aromatic carbocycles. The van der Waals surface area contributed by atoms with Crippen LogP contribution >= 0.6 is 0 Å². The maximum Gasteiger partial charge on any atom is 0.269 e. The summed E-state index contributed by atoms with van der Waals surface area (Å²) in [5, 5.41) is 26.8. The van der Waals surface area contributed by atoms with Crippen LogP contribution in [0.2, 0.25) is 0 Å². The summed E-state index contributed by atoms with van der Waals surface area (Å²) in [6.45, 7) is 0. The van der Waals surface area contributed by atoms with Gasteiger partial charge in [0.15, 0.2) is 11.6 Å². The third-order valence-corrected chi connectivity index (χ3v) is 2.96. The number of phenols is 1. The largest absolute Gasteiger partial charge is 0.508 e. The van der Waals surface area contributed by atoms with Crippen molar-refractivity contribution in [1.29, 1.82) is 0 Å². The lowest BCUT2D eigenvalue weighted by Gasteiger charge is -1.96. The van der Waals surface area contributed by atoms with Crippen molar-refractivity contribution in [1.82, 2.24) is 15.2 Å². The van der Waals surface area contributed by atoms with E-state index in [1.54, 1.807) is 36.4 Å². The van der Waals surface area contributed by atoms with Crippen molar-refractivity contribution in [3.63, 3.8) is 0 Å². The second-order valence-electron chi connectivity index (χ2n) is 4.36. The first-order valence-electron chi connectivity index (χ1n) is 6.10. The molecule has 0 saturated heterocycles. The molecule has 3 aromatic rings. The van der Waals surface area contributed by atoms with Gasteiger partial charge in [0, 0.05) is 23.3 Å². The fourth-order valence-corrected chi connectivity index (χ4v) is 1.87.